The lowest BCUT2D eigenvalue weighted by Gasteiger charge is -2.19. The molecule has 0 spiro atoms. The number of nitrogens with two attached hydrogens (primary N) is 1. The van der Waals surface area contributed by atoms with Crippen LogP contribution in [0.25, 0.3) is 0 Å². The van der Waals surface area contributed by atoms with Crippen LogP contribution < -0.4 is 11.3 Å². The molecule has 3 N–H and O–H groups in total. The van der Waals surface area contributed by atoms with Crippen LogP contribution >= 0.6 is 15.9 Å². The predicted octanol–water partition coefficient (Wildman–Crippen LogP) is 4.07. The van der Waals surface area contributed by atoms with Crippen LogP contribution in [0.15, 0.2) is 46.9 Å². The van der Waals surface area contributed by atoms with Gasteiger partial charge in [0.1, 0.15) is 0 Å². The Morgan fingerprint density at radius 2 is 1.75 bits per heavy atom. The highest BCUT2D eigenvalue weighted by atomic mass is 79.9. The van der Waals surface area contributed by atoms with Crippen molar-refractivity contribution in [3.8, 4) is 0 Å². The molecular weight excluding hydrogens is 312 g/mol. The lowest BCUT2D eigenvalue weighted by atomic mass is 9.95. The first-order chi connectivity index (χ1) is 9.65. The molecule has 2 nitrogen and oxygen atoms in total. The summed E-state index contributed by atoms with van der Waals surface area (Å²) in [5, 5.41) is 0. The highest BCUT2D eigenvalue weighted by Gasteiger charge is 2.14. The Kier molecular flexibility index (Phi) is 5.35. The van der Waals surface area contributed by atoms with Gasteiger partial charge in [0.15, 0.2) is 0 Å². The number of hydrogen-bond acceptors (Lipinski definition) is 2. The molecule has 2 aromatic carbocycles. The molecule has 1 unspecified atom stereocenters. The highest BCUT2D eigenvalue weighted by molar-refractivity contribution is 9.10. The second kappa shape index (κ2) is 7.02. The third-order valence-electron chi connectivity index (χ3n) is 3.76. The second-order valence-electron chi connectivity index (χ2n) is 5.05. The van der Waals surface area contributed by atoms with Gasteiger partial charge in [0.05, 0.1) is 6.04 Å². The molecule has 0 bridgehead atoms. The first kappa shape index (κ1) is 15.2. The smallest absolute Gasteiger partial charge is 0.0503 e. The Bertz CT molecular complexity index is 564. The van der Waals surface area contributed by atoms with E-state index in [9.17, 15) is 0 Å². The minimum atomic E-state index is 0.125. The first-order valence-corrected chi connectivity index (χ1v) is 7.74. The summed E-state index contributed by atoms with van der Waals surface area (Å²) in [6.45, 7) is 4.29. The van der Waals surface area contributed by atoms with E-state index in [-0.39, 0.29) is 6.04 Å². The van der Waals surface area contributed by atoms with Crippen molar-refractivity contribution < 1.29 is 0 Å². The van der Waals surface area contributed by atoms with E-state index in [0.717, 1.165) is 17.3 Å². The van der Waals surface area contributed by atoms with E-state index in [4.69, 9.17) is 5.84 Å². The Balaban J connectivity index is 2.21. The van der Waals surface area contributed by atoms with Gasteiger partial charge < -0.3 is 0 Å². The molecule has 0 radical (unpaired) electrons. The number of hydrogen-bond donors (Lipinski definition) is 2. The zero-order valence-corrected chi connectivity index (χ0v) is 13.6. The molecule has 2 aromatic rings. The van der Waals surface area contributed by atoms with Crippen LogP contribution in [0.3, 0.4) is 0 Å². The van der Waals surface area contributed by atoms with E-state index in [1.807, 2.05) is 0 Å². The maximum absolute atomic E-state index is 5.76. The Labute approximate surface area is 129 Å². The fourth-order valence-electron chi connectivity index (χ4n) is 2.41. The second-order valence-corrected chi connectivity index (χ2v) is 5.90. The van der Waals surface area contributed by atoms with Gasteiger partial charge in [-0.3, -0.25) is 11.3 Å². The van der Waals surface area contributed by atoms with Crippen LogP contribution in [0.5, 0.6) is 0 Å². The lowest BCUT2D eigenvalue weighted by Crippen LogP contribution is -2.30. The van der Waals surface area contributed by atoms with Gasteiger partial charge in [0.2, 0.25) is 0 Å². The maximum Gasteiger partial charge on any atom is 0.0503 e. The van der Waals surface area contributed by atoms with Crippen molar-refractivity contribution in [1.29, 1.82) is 0 Å². The number of aryl methyl sites for hydroxylation is 1. The number of halogens is 1. The highest BCUT2D eigenvalue weighted by Crippen LogP contribution is 2.26. The van der Waals surface area contributed by atoms with Crippen molar-refractivity contribution >= 4 is 15.9 Å². The summed E-state index contributed by atoms with van der Waals surface area (Å²) in [5.74, 6) is 5.76. The van der Waals surface area contributed by atoms with Gasteiger partial charge in [-0.15, -0.1) is 0 Å². The van der Waals surface area contributed by atoms with Crippen molar-refractivity contribution in [2.45, 2.75) is 32.7 Å². The molecule has 0 amide bonds. The van der Waals surface area contributed by atoms with E-state index in [1.54, 1.807) is 0 Å². The lowest BCUT2D eigenvalue weighted by molar-refractivity contribution is 0.549. The van der Waals surface area contributed by atoms with Gasteiger partial charge in [-0.25, -0.2) is 0 Å². The largest absolute Gasteiger partial charge is 0.271 e. The van der Waals surface area contributed by atoms with Crippen LogP contribution in [0.4, 0.5) is 0 Å². The molecule has 1 atom stereocenters. The van der Waals surface area contributed by atoms with Gasteiger partial charge in [-0.05, 0) is 48.1 Å². The van der Waals surface area contributed by atoms with Crippen molar-refractivity contribution in [3.63, 3.8) is 0 Å². The monoisotopic (exact) mass is 332 g/mol. The van der Waals surface area contributed by atoms with E-state index in [1.165, 1.54) is 22.3 Å². The molecule has 0 aliphatic rings. The molecule has 0 fully saturated rings. The summed E-state index contributed by atoms with van der Waals surface area (Å²) in [7, 11) is 0. The maximum atomic E-state index is 5.76. The zero-order chi connectivity index (χ0) is 14.5. The molecule has 0 aliphatic heterocycles. The van der Waals surface area contributed by atoms with Crippen LogP contribution in [-0.4, -0.2) is 0 Å². The van der Waals surface area contributed by atoms with Crippen LogP contribution in [0.1, 0.15) is 35.2 Å². The Morgan fingerprint density at radius 1 is 1.10 bits per heavy atom. The summed E-state index contributed by atoms with van der Waals surface area (Å²) in [6.07, 6.45) is 1.96. The summed E-state index contributed by atoms with van der Waals surface area (Å²) >= 11 is 3.58. The average molecular weight is 333 g/mol. The minimum Gasteiger partial charge on any atom is -0.271 e. The molecule has 0 heterocycles. The number of rotatable bonds is 5. The van der Waals surface area contributed by atoms with E-state index in [0.29, 0.717) is 0 Å². The molecule has 20 heavy (non-hydrogen) atoms. The third kappa shape index (κ3) is 3.48. The third-order valence-corrected chi connectivity index (χ3v) is 4.62. The van der Waals surface area contributed by atoms with Crippen LogP contribution in [0, 0.1) is 6.92 Å². The SMILES string of the molecule is CCc1ccc(CC(NN)c2cccc(Br)c2C)cc1. The van der Waals surface area contributed by atoms with Gasteiger partial charge >= 0.3 is 0 Å². The van der Waals surface area contributed by atoms with Crippen LogP contribution in [-0.2, 0) is 12.8 Å². The molecule has 0 saturated heterocycles. The summed E-state index contributed by atoms with van der Waals surface area (Å²) in [4.78, 5) is 0. The quantitative estimate of drug-likeness (QED) is 0.639. The standard InChI is InChI=1S/C17H21BrN2/c1-3-13-7-9-14(10-8-13)11-17(20-19)15-5-4-6-16(18)12(15)2/h4-10,17,20H,3,11,19H2,1-2H3. The molecule has 106 valence electrons. The topological polar surface area (TPSA) is 38.0 Å². The summed E-state index contributed by atoms with van der Waals surface area (Å²) in [6, 6.07) is 15.1. The number of nitrogens with one attached hydrogen (secondary N) is 1. The van der Waals surface area contributed by atoms with Crippen molar-refractivity contribution in [2.75, 3.05) is 0 Å². The molecule has 0 saturated carbocycles. The molecular formula is C17H21BrN2. The molecule has 0 aliphatic carbocycles. The van der Waals surface area contributed by atoms with Crippen LogP contribution in [0.2, 0.25) is 0 Å². The fraction of sp³-hybridized carbons (Fsp3) is 0.294. The Morgan fingerprint density at radius 3 is 2.35 bits per heavy atom. The number of hydrazine groups is 1. The van der Waals surface area contributed by atoms with Crippen molar-refractivity contribution in [3.05, 3.63) is 69.2 Å². The minimum absolute atomic E-state index is 0.125. The zero-order valence-electron chi connectivity index (χ0n) is 12.0. The normalized spacial score (nSPS) is 12.4. The predicted molar refractivity (Wildman–Crippen MR) is 88.5 cm³/mol. The van der Waals surface area contributed by atoms with E-state index < -0.39 is 0 Å². The summed E-state index contributed by atoms with van der Waals surface area (Å²) < 4.78 is 1.12. The van der Waals surface area contributed by atoms with Crippen molar-refractivity contribution in [1.82, 2.24) is 5.43 Å². The Hall–Kier alpha value is -1.16. The number of benzene rings is 2. The van der Waals surface area contributed by atoms with E-state index >= 15 is 0 Å². The molecule has 3 heteroatoms. The van der Waals surface area contributed by atoms with Gasteiger partial charge in [0.25, 0.3) is 0 Å². The average Bonchev–Trinajstić information content (AvgIpc) is 2.48. The van der Waals surface area contributed by atoms with Gasteiger partial charge in [0, 0.05) is 4.47 Å². The fourth-order valence-corrected chi connectivity index (χ4v) is 2.79. The van der Waals surface area contributed by atoms with E-state index in [2.05, 4.69) is 77.7 Å². The van der Waals surface area contributed by atoms with Gasteiger partial charge in [-0.2, -0.15) is 0 Å². The summed E-state index contributed by atoms with van der Waals surface area (Å²) in [5.41, 5.74) is 8.08. The van der Waals surface area contributed by atoms with Gasteiger partial charge in [-0.1, -0.05) is 59.3 Å². The molecule has 0 aromatic heterocycles. The first-order valence-electron chi connectivity index (χ1n) is 6.94. The molecule has 2 rings (SSSR count). The van der Waals surface area contributed by atoms with Crippen molar-refractivity contribution in [2.24, 2.45) is 5.84 Å².